The van der Waals surface area contributed by atoms with Gasteiger partial charge in [0.15, 0.2) is 0 Å². The molecular formula is C25H22N6O. The molecule has 0 saturated carbocycles. The predicted octanol–water partition coefficient (Wildman–Crippen LogP) is 3.79. The van der Waals surface area contributed by atoms with Gasteiger partial charge in [0, 0.05) is 11.1 Å². The van der Waals surface area contributed by atoms with E-state index >= 15 is 0 Å². The van der Waals surface area contributed by atoms with Gasteiger partial charge in [-0.05, 0) is 5.56 Å². The molecule has 7 nitrogen and oxygen atoms in total. The first-order valence-electron chi connectivity index (χ1n) is 10.4. The first kappa shape index (κ1) is 19.8. The highest BCUT2D eigenvalue weighted by Crippen LogP contribution is 2.27. The van der Waals surface area contributed by atoms with Gasteiger partial charge in [-0.15, -0.1) is 10.2 Å². The van der Waals surface area contributed by atoms with Gasteiger partial charge in [-0.1, -0.05) is 101 Å². The Labute approximate surface area is 185 Å². The van der Waals surface area contributed by atoms with Crippen LogP contribution in [0.1, 0.15) is 5.56 Å². The summed E-state index contributed by atoms with van der Waals surface area (Å²) in [7, 11) is 0. The van der Waals surface area contributed by atoms with Gasteiger partial charge in [0.2, 0.25) is 0 Å². The Hall–Kier alpha value is -4.10. The average Bonchev–Trinajstić information content (AvgIpc) is 3.51. The zero-order valence-electron chi connectivity index (χ0n) is 17.4. The van der Waals surface area contributed by atoms with Gasteiger partial charge in [-0.2, -0.15) is 0 Å². The Bertz CT molecular complexity index is 1200. The number of aromatic nitrogens is 6. The van der Waals surface area contributed by atoms with Crippen molar-refractivity contribution in [3.8, 4) is 22.5 Å². The Morgan fingerprint density at radius 2 is 1.00 bits per heavy atom. The first-order chi connectivity index (χ1) is 15.7. The molecule has 5 aromatic rings. The predicted molar refractivity (Wildman–Crippen MR) is 121 cm³/mol. The smallest absolute Gasteiger partial charge is 0.129 e. The highest BCUT2D eigenvalue weighted by Gasteiger charge is 2.32. The lowest BCUT2D eigenvalue weighted by Gasteiger charge is -2.28. The fourth-order valence-corrected chi connectivity index (χ4v) is 3.75. The van der Waals surface area contributed by atoms with E-state index in [2.05, 4.69) is 20.6 Å². The molecule has 158 valence electrons. The summed E-state index contributed by atoms with van der Waals surface area (Å²) in [6, 6.07) is 29.3. The lowest BCUT2D eigenvalue weighted by Crippen LogP contribution is -2.36. The maximum absolute atomic E-state index is 11.8. The van der Waals surface area contributed by atoms with E-state index in [1.807, 2.05) is 103 Å². The van der Waals surface area contributed by atoms with Crippen LogP contribution in [0.3, 0.4) is 0 Å². The van der Waals surface area contributed by atoms with Crippen LogP contribution in [0.15, 0.2) is 103 Å². The third kappa shape index (κ3) is 4.19. The third-order valence-corrected chi connectivity index (χ3v) is 5.37. The van der Waals surface area contributed by atoms with E-state index in [9.17, 15) is 5.11 Å². The van der Waals surface area contributed by atoms with Crippen molar-refractivity contribution in [2.75, 3.05) is 0 Å². The molecule has 0 fully saturated rings. The summed E-state index contributed by atoms with van der Waals surface area (Å²) in [6.07, 6.45) is 3.69. The van der Waals surface area contributed by atoms with E-state index in [1.54, 1.807) is 9.36 Å². The summed E-state index contributed by atoms with van der Waals surface area (Å²) in [6.45, 7) is 0.439. The monoisotopic (exact) mass is 422 g/mol. The van der Waals surface area contributed by atoms with E-state index < -0.39 is 5.60 Å². The second-order valence-corrected chi connectivity index (χ2v) is 7.73. The molecule has 0 atom stereocenters. The molecule has 5 rings (SSSR count). The van der Waals surface area contributed by atoms with Crippen LogP contribution in [-0.2, 0) is 18.7 Å². The van der Waals surface area contributed by atoms with Gasteiger partial charge in [0.1, 0.15) is 17.0 Å². The highest BCUT2D eigenvalue weighted by atomic mass is 16.3. The van der Waals surface area contributed by atoms with Crippen LogP contribution in [0.25, 0.3) is 22.5 Å². The summed E-state index contributed by atoms with van der Waals surface area (Å²) in [5.41, 5.74) is 2.98. The van der Waals surface area contributed by atoms with Gasteiger partial charge in [0.25, 0.3) is 0 Å². The molecular weight excluding hydrogens is 400 g/mol. The summed E-state index contributed by atoms with van der Waals surface area (Å²) in [4.78, 5) is 0. The number of aliphatic hydroxyl groups is 1. The van der Waals surface area contributed by atoms with Crippen molar-refractivity contribution in [1.82, 2.24) is 30.0 Å². The molecule has 2 heterocycles. The van der Waals surface area contributed by atoms with Crippen LogP contribution >= 0.6 is 0 Å². The normalized spacial score (nSPS) is 11.5. The molecule has 0 saturated heterocycles. The number of benzene rings is 3. The van der Waals surface area contributed by atoms with E-state index in [4.69, 9.17) is 0 Å². The summed E-state index contributed by atoms with van der Waals surface area (Å²) in [5, 5.41) is 28.9. The molecule has 1 N–H and O–H groups in total. The number of hydrogen-bond donors (Lipinski definition) is 1. The minimum atomic E-state index is -1.26. The Balaban J connectivity index is 1.44. The fourth-order valence-electron chi connectivity index (χ4n) is 3.75. The minimum Gasteiger partial charge on any atom is -0.381 e. The lowest BCUT2D eigenvalue weighted by atomic mass is 9.93. The van der Waals surface area contributed by atoms with Crippen molar-refractivity contribution in [2.24, 2.45) is 0 Å². The van der Waals surface area contributed by atoms with E-state index in [0.29, 0.717) is 0 Å². The van der Waals surface area contributed by atoms with E-state index in [1.165, 1.54) is 0 Å². The molecule has 0 amide bonds. The molecule has 0 aliphatic carbocycles. The quantitative estimate of drug-likeness (QED) is 0.432. The third-order valence-electron chi connectivity index (χ3n) is 5.37. The van der Waals surface area contributed by atoms with Gasteiger partial charge in [-0.3, -0.25) is 0 Å². The molecule has 7 heteroatoms. The maximum atomic E-state index is 11.8. The average molecular weight is 422 g/mol. The topological polar surface area (TPSA) is 81.6 Å². The van der Waals surface area contributed by atoms with Crippen molar-refractivity contribution < 1.29 is 5.11 Å². The first-order valence-corrected chi connectivity index (χ1v) is 10.4. The molecule has 0 unspecified atom stereocenters. The minimum absolute atomic E-state index is 0.220. The molecule has 32 heavy (non-hydrogen) atoms. The Morgan fingerprint density at radius 1 is 0.594 bits per heavy atom. The highest BCUT2D eigenvalue weighted by molar-refractivity contribution is 5.57. The summed E-state index contributed by atoms with van der Waals surface area (Å²) >= 11 is 0. The van der Waals surface area contributed by atoms with Crippen molar-refractivity contribution in [3.63, 3.8) is 0 Å². The Morgan fingerprint density at radius 3 is 1.44 bits per heavy atom. The van der Waals surface area contributed by atoms with Crippen molar-refractivity contribution in [2.45, 2.75) is 18.7 Å². The molecule has 0 spiro atoms. The number of nitrogens with zero attached hydrogens (tertiary/aromatic N) is 6. The molecule has 3 aromatic carbocycles. The number of rotatable bonds is 7. The van der Waals surface area contributed by atoms with Crippen molar-refractivity contribution >= 4 is 0 Å². The van der Waals surface area contributed by atoms with E-state index in [-0.39, 0.29) is 13.1 Å². The standard InChI is InChI=1S/C25H22N6O/c32-25(22-14-8-3-9-15-22,18-30-16-23(26-28-30)20-10-4-1-5-11-20)19-31-17-24(27-29-31)21-12-6-2-7-13-21/h1-17,32H,18-19H2. The molecule has 0 aliphatic rings. The van der Waals surface area contributed by atoms with Crippen molar-refractivity contribution in [1.29, 1.82) is 0 Å². The van der Waals surface area contributed by atoms with Crippen LogP contribution in [0.5, 0.6) is 0 Å². The summed E-state index contributed by atoms with van der Waals surface area (Å²) < 4.78 is 3.34. The van der Waals surface area contributed by atoms with Gasteiger partial charge < -0.3 is 5.11 Å². The molecule has 0 aliphatic heterocycles. The number of hydrogen-bond acceptors (Lipinski definition) is 5. The van der Waals surface area contributed by atoms with Crippen LogP contribution in [0, 0.1) is 0 Å². The SMILES string of the molecule is OC(Cn1cc(-c2ccccc2)nn1)(Cn1cc(-c2ccccc2)nn1)c1ccccc1. The van der Waals surface area contributed by atoms with Crippen LogP contribution in [-0.4, -0.2) is 35.1 Å². The van der Waals surface area contributed by atoms with Gasteiger partial charge in [0.05, 0.1) is 25.5 Å². The Kier molecular flexibility index (Phi) is 5.31. The van der Waals surface area contributed by atoms with Crippen LogP contribution < -0.4 is 0 Å². The molecule has 2 aromatic heterocycles. The van der Waals surface area contributed by atoms with Crippen molar-refractivity contribution in [3.05, 3.63) is 109 Å². The van der Waals surface area contributed by atoms with Crippen LogP contribution in [0.4, 0.5) is 0 Å². The van der Waals surface area contributed by atoms with E-state index in [0.717, 1.165) is 28.1 Å². The zero-order chi connectivity index (χ0) is 21.8. The molecule has 0 radical (unpaired) electrons. The van der Waals surface area contributed by atoms with Gasteiger partial charge in [-0.25, -0.2) is 9.36 Å². The second-order valence-electron chi connectivity index (χ2n) is 7.73. The largest absolute Gasteiger partial charge is 0.381 e. The van der Waals surface area contributed by atoms with Gasteiger partial charge >= 0.3 is 0 Å². The van der Waals surface area contributed by atoms with Crippen LogP contribution in [0.2, 0.25) is 0 Å². The fraction of sp³-hybridized carbons (Fsp3) is 0.120. The summed E-state index contributed by atoms with van der Waals surface area (Å²) in [5.74, 6) is 0. The lowest BCUT2D eigenvalue weighted by molar-refractivity contribution is -0.00611. The molecule has 0 bridgehead atoms. The zero-order valence-corrected chi connectivity index (χ0v) is 17.4. The maximum Gasteiger partial charge on any atom is 0.129 e. The second kappa shape index (κ2) is 8.56.